The quantitative estimate of drug-likeness (QED) is 0.806. The maximum atomic E-state index is 11.7. The third-order valence-corrected chi connectivity index (χ3v) is 2.49. The first kappa shape index (κ1) is 15.5. The number of rotatable bonds is 4. The number of aliphatic hydroxyl groups excluding tert-OH is 1. The largest absolute Gasteiger partial charge is 0.497 e. The average Bonchev–Trinajstić information content (AvgIpc) is 2.35. The van der Waals surface area contributed by atoms with Crippen molar-refractivity contribution in [3.05, 3.63) is 29.8 Å². The monoisotopic (exact) mass is 267 g/mol. The lowest BCUT2D eigenvalue weighted by molar-refractivity contribution is -0.166. The summed E-state index contributed by atoms with van der Waals surface area (Å²) < 4.78 is 10.1. The van der Waals surface area contributed by atoms with Gasteiger partial charge in [-0.25, -0.2) is 4.79 Å². The van der Waals surface area contributed by atoms with Crippen LogP contribution in [-0.2, 0) is 9.53 Å². The van der Waals surface area contributed by atoms with Crippen LogP contribution in [0.25, 0.3) is 0 Å². The van der Waals surface area contributed by atoms with Crippen molar-refractivity contribution in [2.45, 2.75) is 38.5 Å². The zero-order chi connectivity index (χ0) is 14.6. The van der Waals surface area contributed by atoms with Crippen LogP contribution in [0.5, 0.6) is 5.75 Å². The first-order valence-electron chi connectivity index (χ1n) is 6.05. The molecule has 0 heterocycles. The Kier molecular flexibility index (Phi) is 4.91. The highest BCUT2D eigenvalue weighted by molar-refractivity contribution is 5.76. The molecule has 1 rings (SSSR count). The molecule has 0 unspecified atom stereocenters. The molecule has 0 aliphatic carbocycles. The number of esters is 1. The van der Waals surface area contributed by atoms with Crippen molar-refractivity contribution in [3.8, 4) is 5.75 Å². The Morgan fingerprint density at radius 1 is 1.26 bits per heavy atom. The molecule has 0 amide bonds. The lowest BCUT2D eigenvalue weighted by Crippen LogP contribution is -2.38. The van der Waals surface area contributed by atoms with E-state index in [1.807, 2.05) is 0 Å². The molecular formula is C14H21NO4. The normalized spacial score (nSPS) is 14.6. The molecule has 0 saturated heterocycles. The smallest absolute Gasteiger partial charge is 0.337 e. The van der Waals surface area contributed by atoms with Crippen molar-refractivity contribution < 1.29 is 19.4 Å². The van der Waals surface area contributed by atoms with Gasteiger partial charge in [0.15, 0.2) is 6.10 Å². The van der Waals surface area contributed by atoms with Crippen molar-refractivity contribution in [2.24, 2.45) is 5.73 Å². The molecule has 0 aromatic heterocycles. The van der Waals surface area contributed by atoms with Crippen LogP contribution in [0.1, 0.15) is 32.4 Å². The van der Waals surface area contributed by atoms with Crippen LogP contribution in [-0.4, -0.2) is 29.9 Å². The van der Waals surface area contributed by atoms with Gasteiger partial charge in [-0.3, -0.25) is 0 Å². The van der Waals surface area contributed by atoms with Crippen LogP contribution in [0.2, 0.25) is 0 Å². The maximum Gasteiger partial charge on any atom is 0.337 e. The van der Waals surface area contributed by atoms with Crippen LogP contribution >= 0.6 is 0 Å². The van der Waals surface area contributed by atoms with Crippen molar-refractivity contribution in [2.75, 3.05) is 7.11 Å². The van der Waals surface area contributed by atoms with Crippen molar-refractivity contribution in [1.82, 2.24) is 0 Å². The van der Waals surface area contributed by atoms with E-state index in [1.54, 1.807) is 52.1 Å². The molecule has 0 spiro atoms. The fourth-order valence-electron chi connectivity index (χ4n) is 1.52. The first-order chi connectivity index (χ1) is 8.74. The summed E-state index contributed by atoms with van der Waals surface area (Å²) in [6, 6.07) is 6.02. The SMILES string of the molecule is COc1ccc([C@@H](N)[C@@H](O)C(=O)OC(C)(C)C)cc1. The minimum atomic E-state index is -1.40. The second kappa shape index (κ2) is 6.04. The number of hydrogen-bond acceptors (Lipinski definition) is 5. The van der Waals surface area contributed by atoms with E-state index in [0.717, 1.165) is 0 Å². The molecule has 0 aliphatic heterocycles. The minimum Gasteiger partial charge on any atom is -0.497 e. The Morgan fingerprint density at radius 2 is 1.79 bits per heavy atom. The van der Waals surface area contributed by atoms with Gasteiger partial charge in [0.1, 0.15) is 11.4 Å². The summed E-state index contributed by atoms with van der Waals surface area (Å²) >= 11 is 0. The molecule has 0 radical (unpaired) electrons. The molecule has 19 heavy (non-hydrogen) atoms. The van der Waals surface area contributed by atoms with Gasteiger partial charge in [-0.2, -0.15) is 0 Å². The molecule has 0 saturated carbocycles. The van der Waals surface area contributed by atoms with Crippen LogP contribution < -0.4 is 10.5 Å². The van der Waals surface area contributed by atoms with Crippen molar-refractivity contribution >= 4 is 5.97 Å². The molecular weight excluding hydrogens is 246 g/mol. The summed E-state index contributed by atoms with van der Waals surface area (Å²) in [4.78, 5) is 11.7. The molecule has 3 N–H and O–H groups in total. The lowest BCUT2D eigenvalue weighted by Gasteiger charge is -2.24. The Bertz CT molecular complexity index is 422. The van der Waals surface area contributed by atoms with E-state index >= 15 is 0 Å². The van der Waals surface area contributed by atoms with Gasteiger partial charge in [-0.15, -0.1) is 0 Å². The fourth-order valence-corrected chi connectivity index (χ4v) is 1.52. The van der Waals surface area contributed by atoms with Gasteiger partial charge in [-0.05, 0) is 38.5 Å². The molecule has 0 aliphatic rings. The minimum absolute atomic E-state index is 0.638. The fraction of sp³-hybridized carbons (Fsp3) is 0.500. The van der Waals surface area contributed by atoms with E-state index in [2.05, 4.69) is 0 Å². The number of carbonyl (C=O) groups is 1. The molecule has 5 heteroatoms. The predicted octanol–water partition coefficient (Wildman–Crippen LogP) is 1.40. The molecule has 1 aromatic rings. The van der Waals surface area contributed by atoms with Gasteiger partial charge in [0.05, 0.1) is 13.2 Å². The summed E-state index contributed by atoms with van der Waals surface area (Å²) in [5.41, 5.74) is 5.84. The summed E-state index contributed by atoms with van der Waals surface area (Å²) in [5, 5.41) is 9.90. The third kappa shape index (κ3) is 4.54. The number of methoxy groups -OCH3 is 1. The highest BCUT2D eigenvalue weighted by Crippen LogP contribution is 2.20. The first-order valence-corrected chi connectivity index (χ1v) is 6.05. The Morgan fingerprint density at radius 3 is 2.21 bits per heavy atom. The van der Waals surface area contributed by atoms with E-state index in [9.17, 15) is 9.90 Å². The number of aliphatic hydroxyl groups is 1. The van der Waals surface area contributed by atoms with E-state index in [1.165, 1.54) is 0 Å². The second-order valence-electron chi connectivity index (χ2n) is 5.28. The number of carbonyl (C=O) groups excluding carboxylic acids is 1. The molecule has 5 nitrogen and oxygen atoms in total. The van der Waals surface area contributed by atoms with Gasteiger partial charge in [0, 0.05) is 0 Å². The van der Waals surface area contributed by atoms with E-state index < -0.39 is 23.7 Å². The Labute approximate surface area is 113 Å². The standard InChI is InChI=1S/C14H21NO4/c1-14(2,3)19-13(17)12(16)11(15)9-5-7-10(18-4)8-6-9/h5-8,11-12,16H,15H2,1-4H3/t11-,12-/m1/s1. The van der Waals surface area contributed by atoms with Crippen LogP contribution in [0, 0.1) is 0 Å². The van der Waals surface area contributed by atoms with Crippen molar-refractivity contribution in [3.63, 3.8) is 0 Å². The summed E-state index contributed by atoms with van der Waals surface area (Å²) in [5.74, 6) is -0.0430. The zero-order valence-corrected chi connectivity index (χ0v) is 11.7. The van der Waals surface area contributed by atoms with Gasteiger partial charge in [-0.1, -0.05) is 12.1 Å². The Balaban J connectivity index is 2.75. The van der Waals surface area contributed by atoms with Crippen molar-refractivity contribution in [1.29, 1.82) is 0 Å². The van der Waals surface area contributed by atoms with Gasteiger partial charge < -0.3 is 20.3 Å². The van der Waals surface area contributed by atoms with Crippen LogP contribution in [0.4, 0.5) is 0 Å². The van der Waals surface area contributed by atoms with Crippen LogP contribution in [0.15, 0.2) is 24.3 Å². The molecule has 0 fully saturated rings. The van der Waals surface area contributed by atoms with Gasteiger partial charge in [0.25, 0.3) is 0 Å². The van der Waals surface area contributed by atoms with Gasteiger partial charge >= 0.3 is 5.97 Å². The summed E-state index contributed by atoms with van der Waals surface area (Å²) in [6.45, 7) is 5.20. The number of ether oxygens (including phenoxy) is 2. The van der Waals surface area contributed by atoms with Crippen LogP contribution in [0.3, 0.4) is 0 Å². The van der Waals surface area contributed by atoms with E-state index in [-0.39, 0.29) is 0 Å². The summed E-state index contributed by atoms with van der Waals surface area (Å²) in [6.07, 6.45) is -1.40. The molecule has 0 bridgehead atoms. The van der Waals surface area contributed by atoms with Gasteiger partial charge in [0.2, 0.25) is 0 Å². The number of benzene rings is 1. The topological polar surface area (TPSA) is 81.8 Å². The van der Waals surface area contributed by atoms with E-state index in [0.29, 0.717) is 11.3 Å². The highest BCUT2D eigenvalue weighted by Gasteiger charge is 2.29. The second-order valence-corrected chi connectivity index (χ2v) is 5.28. The average molecular weight is 267 g/mol. The number of hydrogen-bond donors (Lipinski definition) is 2. The number of nitrogens with two attached hydrogens (primary N) is 1. The highest BCUT2D eigenvalue weighted by atomic mass is 16.6. The molecule has 2 atom stereocenters. The molecule has 1 aromatic carbocycles. The Hall–Kier alpha value is -1.59. The summed E-state index contributed by atoms with van der Waals surface area (Å²) in [7, 11) is 1.56. The predicted molar refractivity (Wildman–Crippen MR) is 71.8 cm³/mol. The van der Waals surface area contributed by atoms with E-state index in [4.69, 9.17) is 15.2 Å². The lowest BCUT2D eigenvalue weighted by atomic mass is 10.0. The maximum absolute atomic E-state index is 11.7. The molecule has 106 valence electrons. The zero-order valence-electron chi connectivity index (χ0n) is 11.7. The third-order valence-electron chi connectivity index (χ3n) is 2.49.